The molecule has 0 aliphatic rings. The lowest BCUT2D eigenvalue weighted by Gasteiger charge is -2.13. The number of carbonyl (C=O) groups is 1. The van der Waals surface area contributed by atoms with Gasteiger partial charge in [0.2, 0.25) is 5.88 Å². The van der Waals surface area contributed by atoms with E-state index in [2.05, 4.69) is 25.7 Å². The third kappa shape index (κ3) is 4.27. The molecule has 1 heterocycles. The lowest BCUT2D eigenvalue weighted by atomic mass is 10.1. The van der Waals surface area contributed by atoms with Gasteiger partial charge in [0.1, 0.15) is 5.69 Å². The highest BCUT2D eigenvalue weighted by molar-refractivity contribution is 9.08. The van der Waals surface area contributed by atoms with Crippen LogP contribution in [0.5, 0.6) is 5.88 Å². The zero-order valence-electron chi connectivity index (χ0n) is 8.77. The van der Waals surface area contributed by atoms with E-state index < -0.39 is 35.2 Å². The first kappa shape index (κ1) is 16.1. The Morgan fingerprint density at radius 3 is 2.42 bits per heavy atom. The van der Waals surface area contributed by atoms with Crippen LogP contribution in [0.3, 0.4) is 0 Å². The Morgan fingerprint density at radius 1 is 1.47 bits per heavy atom. The van der Waals surface area contributed by atoms with Gasteiger partial charge in [0.05, 0.1) is 5.56 Å². The van der Waals surface area contributed by atoms with Gasteiger partial charge in [-0.3, -0.25) is 4.79 Å². The highest BCUT2D eigenvalue weighted by Gasteiger charge is 2.33. The molecule has 0 aromatic carbocycles. The molecule has 0 saturated carbocycles. The normalized spacial score (nSPS) is 11.8. The third-order valence-corrected chi connectivity index (χ3v) is 2.67. The second-order valence-electron chi connectivity index (χ2n) is 3.14. The molecule has 0 saturated heterocycles. The van der Waals surface area contributed by atoms with Gasteiger partial charge in [0.25, 0.3) is 11.7 Å². The van der Waals surface area contributed by atoms with Crippen LogP contribution in [-0.4, -0.2) is 16.6 Å². The summed E-state index contributed by atoms with van der Waals surface area (Å²) in [5.41, 5.74) is -2.06. The van der Waals surface area contributed by atoms with E-state index in [1.54, 1.807) is 0 Å². The molecule has 0 radical (unpaired) electrons. The van der Waals surface area contributed by atoms with Crippen LogP contribution in [0.15, 0.2) is 6.07 Å². The van der Waals surface area contributed by atoms with Crippen LogP contribution < -0.4 is 4.74 Å². The molecule has 0 amide bonds. The Morgan fingerprint density at radius 2 is 2.05 bits per heavy atom. The van der Waals surface area contributed by atoms with Gasteiger partial charge in [-0.15, -0.1) is 13.2 Å². The summed E-state index contributed by atoms with van der Waals surface area (Å²) in [7, 11) is 0. The van der Waals surface area contributed by atoms with Crippen LogP contribution in [0.4, 0.5) is 22.0 Å². The summed E-state index contributed by atoms with van der Waals surface area (Å²) < 4.78 is 65.1. The summed E-state index contributed by atoms with van der Waals surface area (Å²) in [6.07, 6.45) is -8.17. The van der Waals surface area contributed by atoms with Gasteiger partial charge < -0.3 is 4.74 Å². The van der Waals surface area contributed by atoms with Crippen molar-refractivity contribution in [1.29, 1.82) is 0 Å². The highest BCUT2D eigenvalue weighted by Crippen LogP contribution is 2.32. The number of hydrogen-bond donors (Lipinski definition) is 0. The maximum Gasteiger partial charge on any atom is 0.574 e. The van der Waals surface area contributed by atoms with Crippen LogP contribution >= 0.6 is 27.5 Å². The quantitative estimate of drug-likeness (QED) is 0.454. The lowest BCUT2D eigenvalue weighted by molar-refractivity contribution is -0.276. The zero-order chi connectivity index (χ0) is 14.8. The minimum Gasteiger partial charge on any atom is -0.388 e. The summed E-state index contributed by atoms with van der Waals surface area (Å²) >= 11 is 7.86. The van der Waals surface area contributed by atoms with E-state index in [9.17, 15) is 26.7 Å². The standard InChI is InChI=1S/C9H4BrClF5NO2/c10-2-3-1-4(19-9(14,15)16)17-6(7(11)18)5(3)8(12)13/h1,8H,2H2. The number of ether oxygens (including phenoxy) is 1. The van der Waals surface area contributed by atoms with Crippen LogP contribution in [0.1, 0.15) is 28.0 Å². The molecule has 3 nitrogen and oxygen atoms in total. The smallest absolute Gasteiger partial charge is 0.388 e. The van der Waals surface area contributed by atoms with Gasteiger partial charge >= 0.3 is 6.36 Å². The number of nitrogens with zero attached hydrogens (tertiary/aromatic N) is 1. The van der Waals surface area contributed by atoms with Crippen molar-refractivity contribution in [3.8, 4) is 5.88 Å². The third-order valence-electron chi connectivity index (χ3n) is 1.89. The molecule has 106 valence electrons. The predicted octanol–water partition coefficient (Wildman–Crippen LogP) is 4.19. The Balaban J connectivity index is 3.40. The van der Waals surface area contributed by atoms with E-state index in [1.807, 2.05) is 0 Å². The summed E-state index contributed by atoms with van der Waals surface area (Å²) in [6, 6.07) is 0.660. The molecular formula is C9H4BrClF5NO2. The Labute approximate surface area is 116 Å². The largest absolute Gasteiger partial charge is 0.574 e. The Kier molecular flexibility index (Phi) is 5.08. The van der Waals surface area contributed by atoms with Crippen molar-refractivity contribution in [1.82, 2.24) is 4.98 Å². The first-order chi connectivity index (χ1) is 8.65. The van der Waals surface area contributed by atoms with Crippen LogP contribution in [0.2, 0.25) is 0 Å². The number of alkyl halides is 6. The van der Waals surface area contributed by atoms with Gasteiger partial charge in [0.15, 0.2) is 0 Å². The molecule has 0 fully saturated rings. The molecule has 1 aromatic rings. The van der Waals surface area contributed by atoms with E-state index in [0.29, 0.717) is 6.07 Å². The van der Waals surface area contributed by atoms with E-state index in [1.165, 1.54) is 0 Å². The fraction of sp³-hybridized carbons (Fsp3) is 0.333. The molecule has 19 heavy (non-hydrogen) atoms. The number of rotatable bonds is 4. The maximum absolute atomic E-state index is 12.8. The van der Waals surface area contributed by atoms with Crippen molar-refractivity contribution >= 4 is 32.8 Å². The second kappa shape index (κ2) is 6.00. The van der Waals surface area contributed by atoms with Crippen molar-refractivity contribution in [2.24, 2.45) is 0 Å². The molecule has 10 heteroatoms. The predicted molar refractivity (Wildman–Crippen MR) is 58.7 cm³/mol. The fourth-order valence-electron chi connectivity index (χ4n) is 1.26. The molecule has 0 atom stereocenters. The number of carbonyl (C=O) groups excluding carboxylic acids is 1. The number of hydrogen-bond acceptors (Lipinski definition) is 3. The topological polar surface area (TPSA) is 39.2 Å². The maximum atomic E-state index is 12.8. The van der Waals surface area contributed by atoms with Crippen molar-refractivity contribution in [3.63, 3.8) is 0 Å². The average Bonchev–Trinajstić information content (AvgIpc) is 2.24. The number of pyridine rings is 1. The van der Waals surface area contributed by atoms with Crippen molar-refractivity contribution in [2.75, 3.05) is 0 Å². The van der Waals surface area contributed by atoms with E-state index in [4.69, 9.17) is 11.6 Å². The Hall–Kier alpha value is -0.960. The van der Waals surface area contributed by atoms with Gasteiger partial charge in [-0.2, -0.15) is 0 Å². The molecular weight excluding hydrogens is 364 g/mol. The minimum absolute atomic E-state index is 0.222. The molecule has 0 spiro atoms. The SMILES string of the molecule is O=C(Cl)c1nc(OC(F)(F)F)cc(CBr)c1C(F)F. The number of halogens is 7. The van der Waals surface area contributed by atoms with Crippen LogP contribution in [-0.2, 0) is 5.33 Å². The second-order valence-corrected chi connectivity index (χ2v) is 4.04. The van der Waals surface area contributed by atoms with E-state index >= 15 is 0 Å². The van der Waals surface area contributed by atoms with Crippen molar-refractivity contribution in [2.45, 2.75) is 18.1 Å². The first-order valence-electron chi connectivity index (χ1n) is 4.49. The highest BCUT2D eigenvalue weighted by atomic mass is 79.9. The molecule has 0 aliphatic carbocycles. The molecule has 0 aliphatic heterocycles. The van der Waals surface area contributed by atoms with E-state index in [-0.39, 0.29) is 10.9 Å². The summed E-state index contributed by atoms with van der Waals surface area (Å²) in [4.78, 5) is 14.0. The van der Waals surface area contributed by atoms with Gasteiger partial charge in [0, 0.05) is 11.4 Å². The summed E-state index contributed by atoms with van der Waals surface area (Å²) in [6.45, 7) is 0. The lowest BCUT2D eigenvalue weighted by Crippen LogP contribution is -2.19. The van der Waals surface area contributed by atoms with E-state index in [0.717, 1.165) is 0 Å². The molecule has 0 unspecified atom stereocenters. The van der Waals surface area contributed by atoms with Gasteiger partial charge in [-0.25, -0.2) is 13.8 Å². The summed E-state index contributed by atoms with van der Waals surface area (Å²) in [5.74, 6) is -1.03. The molecule has 0 N–H and O–H groups in total. The minimum atomic E-state index is -5.06. The van der Waals surface area contributed by atoms with Crippen LogP contribution in [0.25, 0.3) is 0 Å². The zero-order valence-corrected chi connectivity index (χ0v) is 11.1. The molecule has 0 bridgehead atoms. The average molecular weight is 368 g/mol. The van der Waals surface area contributed by atoms with Gasteiger partial charge in [-0.05, 0) is 17.2 Å². The fourth-order valence-corrected chi connectivity index (χ4v) is 1.86. The Bertz CT molecular complexity index is 494. The van der Waals surface area contributed by atoms with Gasteiger partial charge in [-0.1, -0.05) is 15.9 Å². The van der Waals surface area contributed by atoms with Crippen molar-refractivity contribution < 1.29 is 31.5 Å². The monoisotopic (exact) mass is 367 g/mol. The summed E-state index contributed by atoms with van der Waals surface area (Å²) in [5, 5.41) is -1.62. The molecule has 1 rings (SSSR count). The van der Waals surface area contributed by atoms with Crippen LogP contribution in [0, 0.1) is 0 Å². The first-order valence-corrected chi connectivity index (χ1v) is 5.99. The molecule has 1 aromatic heterocycles. The van der Waals surface area contributed by atoms with Crippen molar-refractivity contribution in [3.05, 3.63) is 22.9 Å². The number of aromatic nitrogens is 1.